The predicted octanol–water partition coefficient (Wildman–Crippen LogP) is 4.15. The van der Waals surface area contributed by atoms with E-state index < -0.39 is 6.10 Å². The Kier molecular flexibility index (Phi) is 5.71. The largest absolute Gasteiger partial charge is 0.393 e. The molecule has 2 N–H and O–H groups in total. The minimum atomic E-state index is -0.414. The number of aromatic nitrogens is 2. The van der Waals surface area contributed by atoms with Crippen LogP contribution in [0.15, 0.2) is 48.2 Å². The molecule has 5 nitrogen and oxygen atoms in total. The van der Waals surface area contributed by atoms with Gasteiger partial charge in [-0.05, 0) is 54.3 Å². The maximum atomic E-state index is 13.0. The van der Waals surface area contributed by atoms with E-state index in [1.165, 1.54) is 17.7 Å². The molecule has 1 fully saturated rings. The lowest BCUT2D eigenvalue weighted by molar-refractivity contribution is 0.104. The molecule has 0 bridgehead atoms. The van der Waals surface area contributed by atoms with Gasteiger partial charge in [0.05, 0.1) is 16.5 Å². The fourth-order valence-electron chi connectivity index (χ4n) is 3.31. The number of carbonyl (C=O) groups excluding carboxylic acids is 1. The minimum Gasteiger partial charge on any atom is -0.393 e. The predicted molar refractivity (Wildman–Crippen MR) is 111 cm³/mol. The molecule has 2 aromatic heterocycles. The Labute approximate surface area is 172 Å². The Morgan fingerprint density at radius 2 is 2.21 bits per heavy atom. The second-order valence-electron chi connectivity index (χ2n) is 6.82. The summed E-state index contributed by atoms with van der Waals surface area (Å²) in [5.41, 5.74) is 2.51. The number of hydrogen-bond acceptors (Lipinski definition) is 6. The molecule has 4 rings (SSSR count). The van der Waals surface area contributed by atoms with Crippen molar-refractivity contribution in [2.24, 2.45) is 0 Å². The van der Waals surface area contributed by atoms with Gasteiger partial charge >= 0.3 is 0 Å². The molecule has 2 heterocycles. The van der Waals surface area contributed by atoms with Crippen molar-refractivity contribution in [2.75, 3.05) is 5.32 Å². The topological polar surface area (TPSA) is 75.1 Å². The van der Waals surface area contributed by atoms with Crippen LogP contribution in [0.25, 0.3) is 0 Å². The van der Waals surface area contributed by atoms with Crippen LogP contribution in [0.3, 0.4) is 0 Å². The van der Waals surface area contributed by atoms with E-state index in [0.29, 0.717) is 29.1 Å². The molecule has 0 unspecified atom stereocenters. The number of aliphatic hydroxyl groups is 1. The molecule has 3 aromatic rings. The molecule has 28 heavy (non-hydrogen) atoms. The van der Waals surface area contributed by atoms with Gasteiger partial charge < -0.3 is 10.4 Å². The van der Waals surface area contributed by atoms with Crippen LogP contribution in [0.1, 0.15) is 39.2 Å². The normalized spacial score (nSPS) is 18.9. The smallest absolute Gasteiger partial charge is 0.208 e. The molecule has 0 spiro atoms. The number of rotatable bonds is 6. The van der Waals surface area contributed by atoms with Crippen molar-refractivity contribution >= 4 is 34.5 Å². The third-order valence-corrected chi connectivity index (χ3v) is 6.09. The van der Waals surface area contributed by atoms with Crippen molar-refractivity contribution in [3.05, 3.63) is 81.2 Å². The highest BCUT2D eigenvalue weighted by Gasteiger charge is 2.25. The number of aliphatic hydroxyl groups excluding tert-OH is 1. The van der Waals surface area contributed by atoms with Crippen LogP contribution in [-0.2, 0) is 6.42 Å². The van der Waals surface area contributed by atoms with E-state index in [0.717, 1.165) is 22.6 Å². The Balaban J connectivity index is 1.52. The number of halogens is 1. The quantitative estimate of drug-likeness (QED) is 0.595. The van der Waals surface area contributed by atoms with E-state index in [1.807, 2.05) is 42.1 Å². The van der Waals surface area contributed by atoms with Crippen molar-refractivity contribution < 1.29 is 9.90 Å². The first-order chi connectivity index (χ1) is 13.6. The highest BCUT2D eigenvalue weighted by molar-refractivity contribution is 7.12. The summed E-state index contributed by atoms with van der Waals surface area (Å²) in [5.74, 6) is 0.398. The fraction of sp³-hybridized carbons (Fsp3) is 0.238. The van der Waals surface area contributed by atoms with E-state index in [9.17, 15) is 9.90 Å². The monoisotopic (exact) mass is 412 g/mol. The van der Waals surface area contributed by atoms with Crippen LogP contribution in [0.5, 0.6) is 0 Å². The molecule has 0 saturated heterocycles. The average Bonchev–Trinajstić information content (AvgIpc) is 3.33. The average molecular weight is 413 g/mol. The van der Waals surface area contributed by atoms with Gasteiger partial charge in [0.2, 0.25) is 5.78 Å². The maximum absolute atomic E-state index is 13.0. The molecule has 1 saturated carbocycles. The zero-order chi connectivity index (χ0) is 19.5. The van der Waals surface area contributed by atoms with Gasteiger partial charge in [-0.15, -0.1) is 11.3 Å². The molecule has 1 aliphatic rings. The highest BCUT2D eigenvalue weighted by Crippen LogP contribution is 2.27. The van der Waals surface area contributed by atoms with Crippen molar-refractivity contribution in [1.82, 2.24) is 9.97 Å². The number of nitrogens with one attached hydrogen (secondary N) is 1. The lowest BCUT2D eigenvalue weighted by Crippen LogP contribution is -2.20. The molecule has 0 aliphatic heterocycles. The van der Waals surface area contributed by atoms with Crippen molar-refractivity contribution in [3.8, 4) is 0 Å². The summed E-state index contributed by atoms with van der Waals surface area (Å²) >= 11 is 7.65. The summed E-state index contributed by atoms with van der Waals surface area (Å²) in [7, 11) is 0. The summed E-state index contributed by atoms with van der Waals surface area (Å²) in [6.45, 7) is 0. The maximum Gasteiger partial charge on any atom is 0.208 e. The molecule has 1 aromatic carbocycles. The number of ketones is 1. The molecule has 1 radical (unpaired) electrons. The van der Waals surface area contributed by atoms with Gasteiger partial charge in [0.15, 0.2) is 0 Å². The summed E-state index contributed by atoms with van der Waals surface area (Å²) in [6, 6.07) is 9.68. The van der Waals surface area contributed by atoms with Crippen LogP contribution >= 0.6 is 22.9 Å². The number of nitrogens with zero attached hydrogens (tertiary/aromatic N) is 2. The minimum absolute atomic E-state index is 0.0653. The van der Waals surface area contributed by atoms with Crippen molar-refractivity contribution in [3.63, 3.8) is 0 Å². The highest BCUT2D eigenvalue weighted by atomic mass is 35.5. The summed E-state index contributed by atoms with van der Waals surface area (Å²) < 4.78 is 0. The molecular weight excluding hydrogens is 394 g/mol. The van der Waals surface area contributed by atoms with E-state index in [1.54, 1.807) is 6.20 Å². The van der Waals surface area contributed by atoms with Crippen LogP contribution in [-0.4, -0.2) is 33.0 Å². The van der Waals surface area contributed by atoms with E-state index in [4.69, 9.17) is 11.6 Å². The molecule has 7 heteroatoms. The summed E-state index contributed by atoms with van der Waals surface area (Å²) in [5, 5.41) is 15.6. The van der Waals surface area contributed by atoms with Gasteiger partial charge in [0, 0.05) is 17.3 Å². The number of hydrogen-bond donors (Lipinski definition) is 2. The van der Waals surface area contributed by atoms with Gasteiger partial charge in [-0.3, -0.25) is 4.79 Å². The van der Waals surface area contributed by atoms with Crippen molar-refractivity contribution in [2.45, 2.75) is 31.4 Å². The zero-order valence-corrected chi connectivity index (χ0v) is 16.6. The summed E-state index contributed by atoms with van der Waals surface area (Å²) in [6.07, 6.45) is 6.43. The third kappa shape index (κ3) is 4.24. The van der Waals surface area contributed by atoms with E-state index in [-0.39, 0.29) is 11.8 Å². The molecule has 2 atom stereocenters. The first-order valence-electron chi connectivity index (χ1n) is 9.03. The van der Waals surface area contributed by atoms with Gasteiger partial charge in [-0.25, -0.2) is 9.97 Å². The molecular formula is C21H19ClN3O2S. The molecule has 143 valence electrons. The first kappa shape index (κ1) is 19.1. The fourth-order valence-corrected chi connectivity index (χ4v) is 4.38. The number of carbonyl (C=O) groups is 1. The second-order valence-corrected chi connectivity index (χ2v) is 8.14. The van der Waals surface area contributed by atoms with E-state index >= 15 is 0 Å². The van der Waals surface area contributed by atoms with Crippen LogP contribution in [0.4, 0.5) is 5.82 Å². The Morgan fingerprint density at radius 3 is 3.00 bits per heavy atom. The van der Waals surface area contributed by atoms with Crippen LogP contribution in [0, 0.1) is 6.42 Å². The lowest BCUT2D eigenvalue weighted by atomic mass is 10.1. The van der Waals surface area contributed by atoms with Gasteiger partial charge in [0.1, 0.15) is 12.1 Å². The standard InChI is InChI=1S/C21H19ClN3O2S/c22-18-4-2-1-3-14(18)7-13-8-19(28-11-13)20(27)17-10-23-12-24-21(17)25-15-5-6-16(26)9-15/h1-4,6,8,10-12,15-16,26H,5,7,9H2,(H,23,24,25)/t15-,16+/m1/s1. The van der Waals surface area contributed by atoms with Crippen molar-refractivity contribution in [1.29, 1.82) is 0 Å². The zero-order valence-electron chi connectivity index (χ0n) is 15.0. The SMILES string of the molecule is O=C(c1cc(Cc2ccccc2Cl)cs1)c1cncnc1N[C@@H]1C[CH][C@H](O)C1. The van der Waals surface area contributed by atoms with Crippen LogP contribution in [0.2, 0.25) is 5.02 Å². The number of anilines is 1. The number of thiophene rings is 1. The Bertz CT molecular complexity index is 991. The third-order valence-electron chi connectivity index (χ3n) is 4.75. The van der Waals surface area contributed by atoms with E-state index in [2.05, 4.69) is 15.3 Å². The summed E-state index contributed by atoms with van der Waals surface area (Å²) in [4.78, 5) is 22.0. The molecule has 0 amide bonds. The first-order valence-corrected chi connectivity index (χ1v) is 10.3. The van der Waals surface area contributed by atoms with Gasteiger partial charge in [-0.2, -0.15) is 0 Å². The molecule has 1 aliphatic carbocycles. The van der Waals surface area contributed by atoms with Gasteiger partial charge in [-0.1, -0.05) is 29.8 Å². The van der Waals surface area contributed by atoms with Gasteiger partial charge in [0.25, 0.3) is 0 Å². The Hall–Kier alpha value is -2.28. The number of benzene rings is 1. The Morgan fingerprint density at radius 1 is 1.36 bits per heavy atom. The second kappa shape index (κ2) is 8.39. The van der Waals surface area contributed by atoms with Crippen LogP contribution < -0.4 is 5.32 Å². The lowest BCUT2D eigenvalue weighted by Gasteiger charge is -2.14.